The van der Waals surface area contributed by atoms with E-state index >= 15 is 0 Å². The highest BCUT2D eigenvalue weighted by Crippen LogP contribution is 2.40. The van der Waals surface area contributed by atoms with Gasteiger partial charge in [0, 0.05) is 29.2 Å². The lowest BCUT2D eigenvalue weighted by molar-refractivity contribution is 0.345. The predicted octanol–water partition coefficient (Wildman–Crippen LogP) is 4.65. The van der Waals surface area contributed by atoms with Crippen molar-refractivity contribution in [3.63, 3.8) is 0 Å². The van der Waals surface area contributed by atoms with Gasteiger partial charge in [-0.2, -0.15) is 4.31 Å². The lowest BCUT2D eigenvalue weighted by atomic mass is 9.90. The van der Waals surface area contributed by atoms with E-state index in [0.717, 1.165) is 34.0 Å². The zero-order valence-electron chi connectivity index (χ0n) is 16.0. The molecule has 0 bridgehead atoms. The van der Waals surface area contributed by atoms with E-state index in [1.54, 1.807) is 4.31 Å². The van der Waals surface area contributed by atoms with Crippen molar-refractivity contribution in [2.45, 2.75) is 18.2 Å². The summed E-state index contributed by atoms with van der Waals surface area (Å²) in [6, 6.07) is 25.3. The van der Waals surface area contributed by atoms with E-state index in [0.29, 0.717) is 6.54 Å². The number of rotatable bonds is 4. The molecule has 0 saturated carbocycles. The van der Waals surface area contributed by atoms with Gasteiger partial charge in [0.05, 0.1) is 11.8 Å². The van der Waals surface area contributed by atoms with Crippen LogP contribution in [0.2, 0.25) is 0 Å². The number of hydrogen-bond acceptors (Lipinski definition) is 2. The Hall–Kier alpha value is -2.89. The normalized spacial score (nSPS) is 17.3. The van der Waals surface area contributed by atoms with Crippen LogP contribution < -0.4 is 0 Å². The summed E-state index contributed by atoms with van der Waals surface area (Å²) in [4.78, 5) is 3.32. The molecule has 1 N–H and O–H groups in total. The Morgan fingerprint density at radius 3 is 2.45 bits per heavy atom. The predicted molar refractivity (Wildman–Crippen MR) is 116 cm³/mol. The fourth-order valence-electron chi connectivity index (χ4n) is 4.35. The van der Waals surface area contributed by atoms with Crippen LogP contribution in [0.4, 0.5) is 0 Å². The van der Waals surface area contributed by atoms with Crippen LogP contribution in [0.25, 0.3) is 10.9 Å². The van der Waals surface area contributed by atoms with Gasteiger partial charge in [0.25, 0.3) is 0 Å². The molecule has 4 nitrogen and oxygen atoms in total. The van der Waals surface area contributed by atoms with Crippen LogP contribution in [0.15, 0.2) is 85.1 Å². The number of para-hydroxylation sites is 1. The second-order valence-corrected chi connectivity index (χ2v) is 9.42. The van der Waals surface area contributed by atoms with Crippen molar-refractivity contribution in [2.75, 3.05) is 6.54 Å². The Balaban J connectivity index is 1.65. The van der Waals surface area contributed by atoms with Crippen LogP contribution in [0, 0.1) is 0 Å². The third-order valence-electron chi connectivity index (χ3n) is 5.70. The summed E-state index contributed by atoms with van der Waals surface area (Å²) < 4.78 is 28.7. The largest absolute Gasteiger partial charge is 0.361 e. The highest BCUT2D eigenvalue weighted by atomic mass is 32.2. The summed E-state index contributed by atoms with van der Waals surface area (Å²) >= 11 is 0. The van der Waals surface area contributed by atoms with Crippen molar-refractivity contribution in [2.24, 2.45) is 0 Å². The van der Waals surface area contributed by atoms with Gasteiger partial charge in [-0.1, -0.05) is 72.8 Å². The Labute approximate surface area is 170 Å². The molecular weight excluding hydrogens is 380 g/mol. The lowest BCUT2D eigenvalue weighted by Gasteiger charge is -2.36. The lowest BCUT2D eigenvalue weighted by Crippen LogP contribution is -2.41. The number of nitrogens with one attached hydrogen (secondary N) is 1. The van der Waals surface area contributed by atoms with E-state index in [2.05, 4.69) is 23.2 Å². The van der Waals surface area contributed by atoms with Crippen LogP contribution in [0.5, 0.6) is 0 Å². The van der Waals surface area contributed by atoms with E-state index in [1.165, 1.54) is 5.56 Å². The van der Waals surface area contributed by atoms with Gasteiger partial charge in [-0.3, -0.25) is 0 Å². The van der Waals surface area contributed by atoms with Crippen molar-refractivity contribution >= 4 is 20.9 Å². The molecule has 1 unspecified atom stereocenters. The maximum atomic E-state index is 13.5. The van der Waals surface area contributed by atoms with Gasteiger partial charge in [-0.25, -0.2) is 8.42 Å². The smallest absolute Gasteiger partial charge is 0.219 e. The molecule has 0 fully saturated rings. The second-order valence-electron chi connectivity index (χ2n) is 7.49. The van der Waals surface area contributed by atoms with Gasteiger partial charge in [0.2, 0.25) is 10.0 Å². The molecule has 5 rings (SSSR count). The van der Waals surface area contributed by atoms with Gasteiger partial charge < -0.3 is 4.98 Å². The molecule has 0 radical (unpaired) electrons. The highest BCUT2D eigenvalue weighted by molar-refractivity contribution is 7.88. The van der Waals surface area contributed by atoms with Gasteiger partial charge in [0.15, 0.2) is 0 Å². The standard InChI is InChI=1S/C24H22N2O2S/c27-29(28,17-18-8-2-1-3-9-18)26-15-14-19-10-4-5-11-20(19)24(26)22-16-25-23-13-7-6-12-21(22)23/h1-13,16,24-25H,14-15,17H2. The molecule has 29 heavy (non-hydrogen) atoms. The summed E-state index contributed by atoms with van der Waals surface area (Å²) in [6.45, 7) is 0.482. The number of fused-ring (bicyclic) bond motifs is 2. The summed E-state index contributed by atoms with van der Waals surface area (Å²) in [7, 11) is -3.50. The number of sulfonamides is 1. The molecule has 1 aliphatic heterocycles. The van der Waals surface area contributed by atoms with Crippen LogP contribution in [0.3, 0.4) is 0 Å². The van der Waals surface area contributed by atoms with Gasteiger partial charge in [-0.05, 0) is 29.2 Å². The number of aromatic amines is 1. The monoisotopic (exact) mass is 402 g/mol. The first kappa shape index (κ1) is 18.2. The third-order valence-corrected chi connectivity index (χ3v) is 7.51. The molecule has 5 heteroatoms. The third kappa shape index (κ3) is 3.26. The average Bonchev–Trinajstić information content (AvgIpc) is 3.17. The first-order valence-electron chi connectivity index (χ1n) is 9.81. The maximum Gasteiger partial charge on any atom is 0.219 e. The van der Waals surface area contributed by atoms with Gasteiger partial charge in [-0.15, -0.1) is 0 Å². The number of benzene rings is 3. The van der Waals surface area contributed by atoms with E-state index in [9.17, 15) is 8.42 Å². The molecule has 2 heterocycles. The molecule has 0 saturated heterocycles. The number of nitrogens with zero attached hydrogens (tertiary/aromatic N) is 1. The van der Waals surface area contributed by atoms with Crippen molar-refractivity contribution in [1.82, 2.24) is 9.29 Å². The molecule has 146 valence electrons. The molecule has 1 aliphatic rings. The molecular formula is C24H22N2O2S. The molecule has 0 amide bonds. The maximum absolute atomic E-state index is 13.5. The fraction of sp³-hybridized carbons (Fsp3) is 0.167. The number of hydrogen-bond donors (Lipinski definition) is 1. The molecule has 3 aromatic carbocycles. The summed E-state index contributed by atoms with van der Waals surface area (Å²) in [5.74, 6) is 0.00879. The Bertz CT molecular complexity index is 1260. The molecule has 1 atom stereocenters. The van der Waals surface area contributed by atoms with E-state index in [4.69, 9.17) is 0 Å². The molecule has 1 aromatic heterocycles. The highest BCUT2D eigenvalue weighted by Gasteiger charge is 2.37. The van der Waals surface area contributed by atoms with Crippen LogP contribution in [-0.4, -0.2) is 24.3 Å². The molecule has 0 aliphatic carbocycles. The van der Waals surface area contributed by atoms with Crippen LogP contribution in [0.1, 0.15) is 28.3 Å². The van der Waals surface area contributed by atoms with E-state index in [1.807, 2.05) is 66.9 Å². The zero-order valence-corrected chi connectivity index (χ0v) is 16.8. The van der Waals surface area contributed by atoms with Gasteiger partial charge in [0.1, 0.15) is 0 Å². The van der Waals surface area contributed by atoms with Crippen LogP contribution in [-0.2, 0) is 22.2 Å². The zero-order chi connectivity index (χ0) is 19.8. The summed E-state index contributed by atoms with van der Waals surface area (Å²) in [5, 5.41) is 1.06. The molecule has 4 aromatic rings. The van der Waals surface area contributed by atoms with E-state index in [-0.39, 0.29) is 11.8 Å². The SMILES string of the molecule is O=S(=O)(Cc1ccccc1)N1CCc2ccccc2C1c1c[nH]c2ccccc12. The first-order valence-corrected chi connectivity index (χ1v) is 11.4. The minimum atomic E-state index is -3.50. The number of aromatic nitrogens is 1. The Morgan fingerprint density at radius 2 is 1.59 bits per heavy atom. The van der Waals surface area contributed by atoms with Crippen molar-refractivity contribution in [1.29, 1.82) is 0 Å². The second kappa shape index (κ2) is 7.17. The quantitative estimate of drug-likeness (QED) is 0.540. The Morgan fingerprint density at radius 1 is 0.862 bits per heavy atom. The molecule has 0 spiro atoms. The minimum absolute atomic E-state index is 0.00879. The topological polar surface area (TPSA) is 53.2 Å². The van der Waals surface area contributed by atoms with Crippen molar-refractivity contribution in [3.8, 4) is 0 Å². The van der Waals surface area contributed by atoms with Crippen molar-refractivity contribution < 1.29 is 8.42 Å². The van der Waals surface area contributed by atoms with Gasteiger partial charge >= 0.3 is 0 Å². The Kier molecular flexibility index (Phi) is 4.49. The minimum Gasteiger partial charge on any atom is -0.361 e. The first-order chi connectivity index (χ1) is 14.1. The van der Waals surface area contributed by atoms with E-state index < -0.39 is 10.0 Å². The van der Waals surface area contributed by atoms with Crippen molar-refractivity contribution in [3.05, 3.63) is 107 Å². The number of H-pyrrole nitrogens is 1. The van der Waals surface area contributed by atoms with Crippen LogP contribution >= 0.6 is 0 Å². The summed E-state index contributed by atoms with van der Waals surface area (Å²) in [5.41, 5.74) is 5.12. The average molecular weight is 403 g/mol. The fourth-order valence-corrected chi connectivity index (χ4v) is 6.05. The summed E-state index contributed by atoms with van der Waals surface area (Å²) in [6.07, 6.45) is 2.69.